The van der Waals surface area contributed by atoms with Crippen LogP contribution in [0.25, 0.3) is 0 Å². The fourth-order valence-corrected chi connectivity index (χ4v) is 1.99. The minimum Gasteiger partial charge on any atom is -0.340 e. The highest BCUT2D eigenvalue weighted by atomic mass is 16.2. The van der Waals surface area contributed by atoms with Gasteiger partial charge in [0.05, 0.1) is 6.04 Å². The summed E-state index contributed by atoms with van der Waals surface area (Å²) in [6.45, 7) is 5.61. The first kappa shape index (κ1) is 12.6. The van der Waals surface area contributed by atoms with E-state index in [-0.39, 0.29) is 24.4 Å². The van der Waals surface area contributed by atoms with Crippen LogP contribution >= 0.6 is 0 Å². The van der Waals surface area contributed by atoms with Gasteiger partial charge in [0.1, 0.15) is 12.1 Å². The van der Waals surface area contributed by atoms with Crippen molar-refractivity contribution in [1.82, 2.24) is 10.2 Å². The zero-order valence-corrected chi connectivity index (χ0v) is 10.0. The molecule has 1 heterocycles. The average Bonchev–Trinajstić information content (AvgIpc) is 2.30. The van der Waals surface area contributed by atoms with Crippen LogP contribution in [0.3, 0.4) is 0 Å². The van der Waals surface area contributed by atoms with Crippen molar-refractivity contribution in [2.24, 2.45) is 0 Å². The molecule has 0 radical (unpaired) electrons. The van der Waals surface area contributed by atoms with Crippen LogP contribution in [-0.4, -0.2) is 34.8 Å². The molecule has 0 saturated carbocycles. The Morgan fingerprint density at radius 1 is 1.50 bits per heavy atom. The molecule has 1 aliphatic rings. The summed E-state index contributed by atoms with van der Waals surface area (Å²) >= 11 is 0. The summed E-state index contributed by atoms with van der Waals surface area (Å²) in [4.78, 5) is 25.3. The highest BCUT2D eigenvalue weighted by Gasteiger charge is 2.44. The lowest BCUT2D eigenvalue weighted by Crippen LogP contribution is -2.67. The Hall–Kier alpha value is -1.50. The fraction of sp³-hybridized carbons (Fsp3) is 0.667. The van der Waals surface area contributed by atoms with Crippen LogP contribution in [0, 0.1) is 12.3 Å². The first-order chi connectivity index (χ1) is 7.50. The van der Waals surface area contributed by atoms with Gasteiger partial charge in [-0.1, -0.05) is 19.8 Å². The van der Waals surface area contributed by atoms with Crippen LogP contribution in [0.2, 0.25) is 0 Å². The van der Waals surface area contributed by atoms with Crippen LogP contribution in [0.5, 0.6) is 0 Å². The molecular formula is C12H18N2O2. The number of rotatable bonds is 3. The summed E-state index contributed by atoms with van der Waals surface area (Å²) in [5.74, 6) is 2.30. The quantitative estimate of drug-likeness (QED) is 0.708. The van der Waals surface area contributed by atoms with E-state index >= 15 is 0 Å². The monoisotopic (exact) mass is 222 g/mol. The Balaban J connectivity index is 3.04. The van der Waals surface area contributed by atoms with Gasteiger partial charge in [0.25, 0.3) is 0 Å². The third-order valence-electron chi connectivity index (χ3n) is 3.28. The number of hydrogen-bond acceptors (Lipinski definition) is 2. The summed E-state index contributed by atoms with van der Waals surface area (Å²) in [6, 6.07) is -0.337. The second-order valence-electron chi connectivity index (χ2n) is 4.11. The van der Waals surface area contributed by atoms with E-state index in [4.69, 9.17) is 6.42 Å². The van der Waals surface area contributed by atoms with E-state index in [1.54, 1.807) is 6.92 Å². The lowest BCUT2D eigenvalue weighted by atomic mass is 9.88. The molecule has 0 aromatic carbocycles. The SMILES string of the molecule is C#CC(C)N1CC(=O)NC(CC)(CC)C1=O. The lowest BCUT2D eigenvalue weighted by Gasteiger charge is -2.42. The van der Waals surface area contributed by atoms with Crippen molar-refractivity contribution in [2.45, 2.75) is 45.2 Å². The molecule has 88 valence electrons. The molecule has 1 aliphatic heterocycles. The minimum atomic E-state index is -0.763. The van der Waals surface area contributed by atoms with Crippen molar-refractivity contribution < 1.29 is 9.59 Å². The summed E-state index contributed by atoms with van der Waals surface area (Å²) in [7, 11) is 0. The van der Waals surface area contributed by atoms with Crippen LogP contribution in [0.4, 0.5) is 0 Å². The second-order valence-corrected chi connectivity index (χ2v) is 4.11. The maximum Gasteiger partial charge on any atom is 0.249 e. The molecule has 0 bridgehead atoms. The smallest absolute Gasteiger partial charge is 0.249 e. The fourth-order valence-electron chi connectivity index (χ4n) is 1.99. The number of hydrogen-bond donors (Lipinski definition) is 1. The van der Waals surface area contributed by atoms with Crippen molar-refractivity contribution in [3.05, 3.63) is 0 Å². The van der Waals surface area contributed by atoms with Gasteiger partial charge in [-0.05, 0) is 19.8 Å². The molecule has 1 rings (SSSR count). The molecule has 0 aromatic rings. The van der Waals surface area contributed by atoms with Gasteiger partial charge in [-0.25, -0.2) is 0 Å². The van der Waals surface area contributed by atoms with Gasteiger partial charge in [-0.2, -0.15) is 0 Å². The molecule has 2 amide bonds. The van der Waals surface area contributed by atoms with Gasteiger partial charge in [0.15, 0.2) is 0 Å². The van der Waals surface area contributed by atoms with Crippen molar-refractivity contribution in [1.29, 1.82) is 0 Å². The van der Waals surface area contributed by atoms with E-state index in [1.807, 2.05) is 13.8 Å². The number of amides is 2. The maximum atomic E-state index is 12.3. The average molecular weight is 222 g/mol. The van der Waals surface area contributed by atoms with E-state index < -0.39 is 5.54 Å². The van der Waals surface area contributed by atoms with E-state index in [9.17, 15) is 9.59 Å². The zero-order valence-electron chi connectivity index (χ0n) is 10.0. The molecule has 16 heavy (non-hydrogen) atoms. The van der Waals surface area contributed by atoms with Crippen molar-refractivity contribution in [3.63, 3.8) is 0 Å². The first-order valence-electron chi connectivity index (χ1n) is 5.59. The molecular weight excluding hydrogens is 204 g/mol. The first-order valence-corrected chi connectivity index (χ1v) is 5.59. The largest absolute Gasteiger partial charge is 0.340 e. The van der Waals surface area contributed by atoms with Crippen LogP contribution in [0.15, 0.2) is 0 Å². The van der Waals surface area contributed by atoms with E-state index in [0.29, 0.717) is 12.8 Å². The van der Waals surface area contributed by atoms with Gasteiger partial charge in [0, 0.05) is 0 Å². The van der Waals surface area contributed by atoms with E-state index in [2.05, 4.69) is 11.2 Å². The highest BCUT2D eigenvalue weighted by molar-refractivity contribution is 5.98. The minimum absolute atomic E-state index is 0.0615. The Labute approximate surface area is 96.4 Å². The van der Waals surface area contributed by atoms with Crippen LogP contribution in [-0.2, 0) is 9.59 Å². The summed E-state index contributed by atoms with van der Waals surface area (Å²) in [6.07, 6.45) is 6.48. The molecule has 4 nitrogen and oxygen atoms in total. The van der Waals surface area contributed by atoms with Crippen molar-refractivity contribution in [2.75, 3.05) is 6.54 Å². The Kier molecular flexibility index (Phi) is 3.58. The van der Waals surface area contributed by atoms with Crippen molar-refractivity contribution >= 4 is 11.8 Å². The van der Waals surface area contributed by atoms with Gasteiger partial charge >= 0.3 is 0 Å². The van der Waals surface area contributed by atoms with Gasteiger partial charge in [0.2, 0.25) is 11.8 Å². The van der Waals surface area contributed by atoms with Gasteiger partial charge in [-0.3, -0.25) is 9.59 Å². The number of piperazine rings is 1. The predicted molar refractivity (Wildman–Crippen MR) is 61.5 cm³/mol. The number of terminal acetylenes is 1. The Bertz CT molecular complexity index is 339. The highest BCUT2D eigenvalue weighted by Crippen LogP contribution is 2.23. The molecule has 0 aliphatic carbocycles. The zero-order chi connectivity index (χ0) is 12.3. The normalized spacial score (nSPS) is 21.2. The topological polar surface area (TPSA) is 49.4 Å². The standard InChI is InChI=1S/C12H18N2O2/c1-5-9(4)14-8-10(15)13-12(6-2,7-3)11(14)16/h1,9H,6-8H2,2-4H3,(H,13,15). The van der Waals surface area contributed by atoms with Crippen molar-refractivity contribution in [3.8, 4) is 12.3 Å². The molecule has 1 N–H and O–H groups in total. The third kappa shape index (κ3) is 1.90. The summed E-state index contributed by atoms with van der Waals surface area (Å²) in [5, 5.41) is 2.79. The Morgan fingerprint density at radius 2 is 2.06 bits per heavy atom. The predicted octanol–water partition coefficient (Wildman–Crippen LogP) is 0.525. The molecule has 0 aromatic heterocycles. The van der Waals surface area contributed by atoms with Gasteiger partial charge in [-0.15, -0.1) is 6.42 Å². The van der Waals surface area contributed by atoms with E-state index in [1.165, 1.54) is 4.90 Å². The molecule has 1 fully saturated rings. The summed E-state index contributed by atoms with van der Waals surface area (Å²) in [5.41, 5.74) is -0.763. The second kappa shape index (κ2) is 4.56. The number of nitrogens with one attached hydrogen (secondary N) is 1. The van der Waals surface area contributed by atoms with Crippen LogP contribution < -0.4 is 5.32 Å². The van der Waals surface area contributed by atoms with E-state index in [0.717, 1.165) is 0 Å². The molecule has 4 heteroatoms. The summed E-state index contributed by atoms with van der Waals surface area (Å²) < 4.78 is 0. The van der Waals surface area contributed by atoms with Crippen LogP contribution in [0.1, 0.15) is 33.6 Å². The molecule has 0 spiro atoms. The Morgan fingerprint density at radius 3 is 2.50 bits per heavy atom. The number of carbonyl (C=O) groups is 2. The molecule has 1 saturated heterocycles. The number of carbonyl (C=O) groups excluding carboxylic acids is 2. The molecule has 1 unspecified atom stereocenters. The lowest BCUT2D eigenvalue weighted by molar-refractivity contribution is -0.151. The maximum absolute atomic E-state index is 12.3. The van der Waals surface area contributed by atoms with Gasteiger partial charge < -0.3 is 10.2 Å². The number of nitrogens with zero attached hydrogens (tertiary/aromatic N) is 1. The molecule has 1 atom stereocenters. The third-order valence-corrected chi connectivity index (χ3v) is 3.28.